The van der Waals surface area contributed by atoms with Crippen LogP contribution in [0.2, 0.25) is 0 Å². The van der Waals surface area contributed by atoms with Crippen LogP contribution in [0, 0.1) is 0 Å². The maximum Gasteiger partial charge on any atom is 0.0412 e. The zero-order valence-corrected chi connectivity index (χ0v) is 13.1. The van der Waals surface area contributed by atoms with Crippen molar-refractivity contribution < 1.29 is 0 Å². The Bertz CT molecular complexity index is 781. The van der Waals surface area contributed by atoms with Crippen LogP contribution >= 0.6 is 0 Å². The van der Waals surface area contributed by atoms with Gasteiger partial charge in [0.1, 0.15) is 0 Å². The molecule has 1 aliphatic rings. The third-order valence-corrected chi connectivity index (χ3v) is 4.65. The number of pyridine rings is 1. The molecule has 3 aromatic rings. The fourth-order valence-electron chi connectivity index (χ4n) is 3.51. The number of aromatic nitrogens is 1. The van der Waals surface area contributed by atoms with Gasteiger partial charge in [-0.3, -0.25) is 4.98 Å². The predicted octanol–water partition coefficient (Wildman–Crippen LogP) is 4.42. The van der Waals surface area contributed by atoms with Crippen molar-refractivity contribution in [2.75, 3.05) is 11.9 Å². The molecule has 23 heavy (non-hydrogen) atoms. The second-order valence-corrected chi connectivity index (χ2v) is 6.08. The van der Waals surface area contributed by atoms with Crippen LogP contribution in [0.4, 0.5) is 5.69 Å². The average Bonchev–Trinajstić information content (AvgIpc) is 3.10. The van der Waals surface area contributed by atoms with Gasteiger partial charge in [0, 0.05) is 30.5 Å². The van der Waals surface area contributed by atoms with Gasteiger partial charge in [-0.1, -0.05) is 48.5 Å². The Morgan fingerprint density at radius 3 is 2.57 bits per heavy atom. The topological polar surface area (TPSA) is 24.9 Å². The van der Waals surface area contributed by atoms with Crippen LogP contribution in [0.15, 0.2) is 73.1 Å². The van der Waals surface area contributed by atoms with Crippen LogP contribution in [0.5, 0.6) is 0 Å². The quantitative estimate of drug-likeness (QED) is 0.771. The third-order valence-electron chi connectivity index (χ3n) is 4.65. The number of para-hydroxylation sites is 1. The van der Waals surface area contributed by atoms with E-state index in [4.69, 9.17) is 0 Å². The van der Waals surface area contributed by atoms with Crippen molar-refractivity contribution in [1.29, 1.82) is 0 Å². The number of benzene rings is 2. The molecule has 4 rings (SSSR count). The lowest BCUT2D eigenvalue weighted by Gasteiger charge is -2.21. The Labute approximate surface area is 137 Å². The Balaban J connectivity index is 1.78. The monoisotopic (exact) mass is 300 g/mol. The predicted molar refractivity (Wildman–Crippen MR) is 94.9 cm³/mol. The van der Waals surface area contributed by atoms with Gasteiger partial charge in [-0.2, -0.15) is 0 Å². The maximum atomic E-state index is 4.19. The molecule has 2 aromatic carbocycles. The third kappa shape index (κ3) is 2.85. The first-order chi connectivity index (χ1) is 11.4. The number of hydrogen-bond acceptors (Lipinski definition) is 2. The Hall–Kier alpha value is -2.61. The van der Waals surface area contributed by atoms with Gasteiger partial charge in [-0.05, 0) is 47.2 Å². The van der Waals surface area contributed by atoms with Gasteiger partial charge >= 0.3 is 0 Å². The number of fused-ring (bicyclic) bond motifs is 1. The zero-order chi connectivity index (χ0) is 15.5. The van der Waals surface area contributed by atoms with Gasteiger partial charge in [0.05, 0.1) is 0 Å². The molecule has 0 amide bonds. The molecule has 1 unspecified atom stereocenters. The highest BCUT2D eigenvalue weighted by Crippen LogP contribution is 2.37. The number of nitrogens with zero attached hydrogens (tertiary/aromatic N) is 1. The minimum atomic E-state index is 0.348. The number of anilines is 1. The molecule has 1 aliphatic heterocycles. The number of nitrogens with one attached hydrogen (secondary N) is 1. The summed E-state index contributed by atoms with van der Waals surface area (Å²) in [6.07, 6.45) is 5.91. The summed E-state index contributed by atoms with van der Waals surface area (Å²) in [6, 6.07) is 21.7. The summed E-state index contributed by atoms with van der Waals surface area (Å²) in [4.78, 5) is 4.19. The molecule has 0 saturated heterocycles. The molecule has 0 saturated carbocycles. The highest BCUT2D eigenvalue weighted by Gasteiger charge is 2.22. The van der Waals surface area contributed by atoms with Crippen molar-refractivity contribution in [2.45, 2.75) is 18.8 Å². The van der Waals surface area contributed by atoms with Crippen molar-refractivity contribution in [3.05, 3.63) is 95.3 Å². The second-order valence-electron chi connectivity index (χ2n) is 6.08. The van der Waals surface area contributed by atoms with E-state index in [-0.39, 0.29) is 0 Å². The highest BCUT2D eigenvalue weighted by molar-refractivity contribution is 5.63. The smallest absolute Gasteiger partial charge is 0.0412 e. The number of hydrogen-bond donors (Lipinski definition) is 1. The summed E-state index contributed by atoms with van der Waals surface area (Å²) in [5, 5.41) is 3.59. The molecule has 2 heterocycles. The van der Waals surface area contributed by atoms with E-state index in [2.05, 4.69) is 71.0 Å². The minimum absolute atomic E-state index is 0.348. The molecule has 1 atom stereocenters. The van der Waals surface area contributed by atoms with E-state index in [1.807, 2.05) is 12.4 Å². The normalized spacial score (nSPS) is 14.1. The lowest BCUT2D eigenvalue weighted by atomic mass is 9.85. The maximum absolute atomic E-state index is 4.19. The van der Waals surface area contributed by atoms with Crippen molar-refractivity contribution >= 4 is 5.69 Å². The molecule has 1 N–H and O–H groups in total. The van der Waals surface area contributed by atoms with E-state index in [1.165, 1.54) is 27.9 Å². The van der Waals surface area contributed by atoms with Crippen LogP contribution in [0.1, 0.15) is 28.2 Å². The standard InChI is InChI=1S/C21H20N2/c1-2-5-16(6-3-1)15-20(17-9-12-22-13-10-17)19-8-4-7-18-11-14-23-21(18)19/h1-10,12-13,20,23H,11,14-15H2. The van der Waals surface area contributed by atoms with Crippen LogP contribution < -0.4 is 5.32 Å². The number of rotatable bonds is 4. The molecule has 0 aliphatic carbocycles. The summed E-state index contributed by atoms with van der Waals surface area (Å²) in [5.74, 6) is 0.348. The molecule has 0 radical (unpaired) electrons. The van der Waals surface area contributed by atoms with Crippen LogP contribution in [0.3, 0.4) is 0 Å². The Morgan fingerprint density at radius 2 is 1.74 bits per heavy atom. The fourth-order valence-corrected chi connectivity index (χ4v) is 3.51. The van der Waals surface area contributed by atoms with E-state index in [1.54, 1.807) is 0 Å². The van der Waals surface area contributed by atoms with Gasteiger partial charge < -0.3 is 5.32 Å². The van der Waals surface area contributed by atoms with Gasteiger partial charge in [0.25, 0.3) is 0 Å². The molecule has 2 nitrogen and oxygen atoms in total. The minimum Gasteiger partial charge on any atom is -0.384 e. The van der Waals surface area contributed by atoms with Gasteiger partial charge in [0.15, 0.2) is 0 Å². The van der Waals surface area contributed by atoms with Gasteiger partial charge in [0.2, 0.25) is 0 Å². The van der Waals surface area contributed by atoms with Crippen LogP contribution in [0.25, 0.3) is 0 Å². The van der Waals surface area contributed by atoms with Crippen LogP contribution in [-0.2, 0) is 12.8 Å². The average molecular weight is 300 g/mol. The van der Waals surface area contributed by atoms with Crippen molar-refractivity contribution in [2.24, 2.45) is 0 Å². The van der Waals surface area contributed by atoms with E-state index in [0.717, 1.165) is 19.4 Å². The van der Waals surface area contributed by atoms with Gasteiger partial charge in [-0.25, -0.2) is 0 Å². The van der Waals surface area contributed by atoms with E-state index in [0.29, 0.717) is 5.92 Å². The first-order valence-corrected chi connectivity index (χ1v) is 8.21. The van der Waals surface area contributed by atoms with Crippen molar-refractivity contribution in [3.8, 4) is 0 Å². The molecule has 1 aromatic heterocycles. The Kier molecular flexibility index (Phi) is 3.81. The highest BCUT2D eigenvalue weighted by atomic mass is 14.9. The first-order valence-electron chi connectivity index (χ1n) is 8.21. The molecule has 0 fully saturated rings. The van der Waals surface area contributed by atoms with E-state index >= 15 is 0 Å². The lowest BCUT2D eigenvalue weighted by Crippen LogP contribution is -2.08. The summed E-state index contributed by atoms with van der Waals surface area (Å²) in [6.45, 7) is 1.04. The fraction of sp³-hybridized carbons (Fsp3) is 0.190. The molecule has 0 bridgehead atoms. The zero-order valence-electron chi connectivity index (χ0n) is 13.1. The van der Waals surface area contributed by atoms with Gasteiger partial charge in [-0.15, -0.1) is 0 Å². The van der Waals surface area contributed by atoms with Crippen molar-refractivity contribution in [3.63, 3.8) is 0 Å². The van der Waals surface area contributed by atoms with Crippen LogP contribution in [-0.4, -0.2) is 11.5 Å². The Morgan fingerprint density at radius 1 is 0.913 bits per heavy atom. The molecule has 2 heteroatoms. The summed E-state index contributed by atoms with van der Waals surface area (Å²) < 4.78 is 0. The molecule has 114 valence electrons. The molecule has 0 spiro atoms. The lowest BCUT2D eigenvalue weighted by molar-refractivity contribution is 0.804. The first kappa shape index (κ1) is 14.0. The summed E-state index contributed by atoms with van der Waals surface area (Å²) in [7, 11) is 0. The molecular formula is C21H20N2. The SMILES string of the molecule is c1ccc(CC(c2ccncc2)c2cccc3c2NCC3)cc1. The van der Waals surface area contributed by atoms with Crippen molar-refractivity contribution in [1.82, 2.24) is 4.98 Å². The second kappa shape index (κ2) is 6.25. The largest absolute Gasteiger partial charge is 0.384 e. The van der Waals surface area contributed by atoms with E-state index in [9.17, 15) is 0 Å². The summed E-state index contributed by atoms with van der Waals surface area (Å²) >= 11 is 0. The van der Waals surface area contributed by atoms with E-state index < -0.39 is 0 Å². The summed E-state index contributed by atoms with van der Waals surface area (Å²) in [5.41, 5.74) is 6.87. The molecular weight excluding hydrogens is 280 g/mol.